The van der Waals surface area contributed by atoms with E-state index >= 15 is 0 Å². The normalized spacial score (nSPS) is 10.6. The number of rotatable bonds is 6. The fourth-order valence-electron chi connectivity index (χ4n) is 1.65. The molecule has 0 aliphatic heterocycles. The monoisotopic (exact) mass is 252 g/mol. The Bertz CT molecular complexity index is 399. The van der Waals surface area contributed by atoms with Gasteiger partial charge in [0.2, 0.25) is 0 Å². The van der Waals surface area contributed by atoms with Crippen LogP contribution in [0.25, 0.3) is 0 Å². The van der Waals surface area contributed by atoms with Crippen molar-refractivity contribution in [2.24, 2.45) is 0 Å². The van der Waals surface area contributed by atoms with E-state index in [1.165, 1.54) is 11.1 Å². The van der Waals surface area contributed by atoms with Gasteiger partial charge < -0.3 is 4.74 Å². The van der Waals surface area contributed by atoms with Gasteiger partial charge in [0.25, 0.3) is 0 Å². The molecule has 0 bridgehead atoms. The molecule has 1 rings (SSSR count). The largest absolute Gasteiger partial charge is 0.384 e. The van der Waals surface area contributed by atoms with Gasteiger partial charge in [0.1, 0.15) is 0 Å². The maximum Gasteiger partial charge on any atom is 0.172 e. The highest BCUT2D eigenvalue weighted by molar-refractivity contribution is 8.00. The molecule has 0 saturated heterocycles. The lowest BCUT2D eigenvalue weighted by atomic mass is 9.99. The zero-order valence-corrected chi connectivity index (χ0v) is 11.8. The number of ketones is 1. The molecule has 0 atom stereocenters. The molecule has 17 heavy (non-hydrogen) atoms. The molecule has 3 heteroatoms. The van der Waals surface area contributed by atoms with Gasteiger partial charge in [0, 0.05) is 18.4 Å². The molecule has 0 unspecified atom stereocenters. The summed E-state index contributed by atoms with van der Waals surface area (Å²) >= 11 is 1.62. The molecule has 0 amide bonds. The molecular formula is C14H20O2S. The predicted octanol–water partition coefficient (Wildman–Crippen LogP) is 3.17. The summed E-state index contributed by atoms with van der Waals surface area (Å²) in [7, 11) is 1.68. The molecular weight excluding hydrogens is 232 g/mol. The van der Waals surface area contributed by atoms with Crippen LogP contribution in [0.4, 0.5) is 0 Å². The summed E-state index contributed by atoms with van der Waals surface area (Å²) in [5.74, 6) is 1.62. The van der Waals surface area contributed by atoms with Gasteiger partial charge in [0.05, 0.1) is 12.4 Å². The number of carbonyl (C=O) groups is 1. The highest BCUT2D eigenvalue weighted by Crippen LogP contribution is 2.17. The number of benzene rings is 1. The number of aryl methyl sites for hydroxylation is 3. The topological polar surface area (TPSA) is 26.3 Å². The van der Waals surface area contributed by atoms with Gasteiger partial charge in [0.15, 0.2) is 5.78 Å². The lowest BCUT2D eigenvalue weighted by Gasteiger charge is -2.08. The molecule has 0 fully saturated rings. The summed E-state index contributed by atoms with van der Waals surface area (Å²) in [4.78, 5) is 12.0. The Morgan fingerprint density at radius 3 is 2.47 bits per heavy atom. The van der Waals surface area contributed by atoms with Gasteiger partial charge in [-0.05, 0) is 43.5 Å². The molecule has 0 aromatic heterocycles. The second-order valence-electron chi connectivity index (χ2n) is 4.22. The van der Waals surface area contributed by atoms with Gasteiger partial charge in [-0.1, -0.05) is 6.07 Å². The fourth-order valence-corrected chi connectivity index (χ4v) is 2.42. The van der Waals surface area contributed by atoms with Crippen LogP contribution in [-0.2, 0) is 4.74 Å². The minimum absolute atomic E-state index is 0.215. The van der Waals surface area contributed by atoms with Crippen LogP contribution in [0.3, 0.4) is 0 Å². The lowest BCUT2D eigenvalue weighted by Crippen LogP contribution is -2.07. The van der Waals surface area contributed by atoms with E-state index in [0.29, 0.717) is 12.4 Å². The Balaban J connectivity index is 2.66. The predicted molar refractivity (Wildman–Crippen MR) is 74.2 cm³/mol. The van der Waals surface area contributed by atoms with Crippen molar-refractivity contribution in [3.05, 3.63) is 34.4 Å². The van der Waals surface area contributed by atoms with Crippen LogP contribution in [0.1, 0.15) is 27.0 Å². The van der Waals surface area contributed by atoms with Crippen molar-refractivity contribution >= 4 is 17.5 Å². The number of hydrogen-bond donors (Lipinski definition) is 0. The Labute approximate surface area is 108 Å². The smallest absolute Gasteiger partial charge is 0.172 e. The third-order valence-corrected chi connectivity index (χ3v) is 3.73. The van der Waals surface area contributed by atoms with E-state index in [1.54, 1.807) is 18.9 Å². The Kier molecular flexibility index (Phi) is 5.72. The van der Waals surface area contributed by atoms with E-state index in [9.17, 15) is 4.79 Å². The maximum atomic E-state index is 12.0. The number of ether oxygens (including phenoxy) is 1. The summed E-state index contributed by atoms with van der Waals surface area (Å²) in [6.07, 6.45) is 0. The average molecular weight is 252 g/mol. The molecule has 0 N–H and O–H groups in total. The lowest BCUT2D eigenvalue weighted by molar-refractivity contribution is 0.102. The summed E-state index contributed by atoms with van der Waals surface area (Å²) in [5, 5.41) is 0. The summed E-state index contributed by atoms with van der Waals surface area (Å²) < 4.78 is 4.96. The number of thioether (sulfide) groups is 1. The zero-order chi connectivity index (χ0) is 12.8. The first-order valence-electron chi connectivity index (χ1n) is 5.74. The first-order chi connectivity index (χ1) is 8.06. The SMILES string of the molecule is COCCSCC(=O)c1cc(C)c(C)cc1C. The van der Waals surface area contributed by atoms with Crippen molar-refractivity contribution in [1.29, 1.82) is 0 Å². The van der Waals surface area contributed by atoms with Gasteiger partial charge in [-0.3, -0.25) is 4.79 Å². The van der Waals surface area contributed by atoms with Crippen LogP contribution in [-0.4, -0.2) is 31.0 Å². The quantitative estimate of drug-likeness (QED) is 0.574. The number of methoxy groups -OCH3 is 1. The van der Waals surface area contributed by atoms with Gasteiger partial charge in [-0.2, -0.15) is 11.8 Å². The number of Topliss-reactive ketones (excluding diaryl/α,β-unsaturated/α-hetero) is 1. The van der Waals surface area contributed by atoms with E-state index in [4.69, 9.17) is 4.74 Å². The third-order valence-electron chi connectivity index (χ3n) is 2.81. The highest BCUT2D eigenvalue weighted by Gasteiger charge is 2.10. The number of carbonyl (C=O) groups excluding carboxylic acids is 1. The van der Waals surface area contributed by atoms with E-state index in [1.807, 2.05) is 19.9 Å². The van der Waals surface area contributed by atoms with Gasteiger partial charge in [-0.25, -0.2) is 0 Å². The standard InChI is InChI=1S/C14H20O2S/c1-10-7-12(3)13(8-11(10)2)14(15)9-17-6-5-16-4/h7-8H,5-6,9H2,1-4H3. The van der Waals surface area contributed by atoms with E-state index < -0.39 is 0 Å². The first kappa shape index (κ1) is 14.3. The summed E-state index contributed by atoms with van der Waals surface area (Å²) in [6.45, 7) is 6.82. The molecule has 2 nitrogen and oxygen atoms in total. The van der Waals surface area contributed by atoms with Crippen molar-refractivity contribution in [1.82, 2.24) is 0 Å². The van der Waals surface area contributed by atoms with Crippen LogP contribution >= 0.6 is 11.8 Å². The molecule has 0 spiro atoms. The van der Waals surface area contributed by atoms with E-state index in [-0.39, 0.29) is 5.78 Å². The van der Waals surface area contributed by atoms with Crippen LogP contribution in [0, 0.1) is 20.8 Å². The second kappa shape index (κ2) is 6.82. The molecule has 94 valence electrons. The van der Waals surface area contributed by atoms with Crippen molar-refractivity contribution in [2.75, 3.05) is 25.2 Å². The molecule has 0 heterocycles. The zero-order valence-electron chi connectivity index (χ0n) is 11.0. The highest BCUT2D eigenvalue weighted by atomic mass is 32.2. The van der Waals surface area contributed by atoms with E-state index in [0.717, 1.165) is 16.9 Å². The minimum Gasteiger partial charge on any atom is -0.384 e. The van der Waals surface area contributed by atoms with E-state index in [2.05, 4.69) is 13.0 Å². The molecule has 0 aliphatic rings. The van der Waals surface area contributed by atoms with Crippen LogP contribution < -0.4 is 0 Å². The van der Waals surface area contributed by atoms with Crippen LogP contribution in [0.5, 0.6) is 0 Å². The van der Waals surface area contributed by atoms with Gasteiger partial charge >= 0.3 is 0 Å². The molecule has 0 radical (unpaired) electrons. The Morgan fingerprint density at radius 1 is 1.18 bits per heavy atom. The molecule has 1 aromatic rings. The van der Waals surface area contributed by atoms with Crippen LogP contribution in [0.15, 0.2) is 12.1 Å². The van der Waals surface area contributed by atoms with Gasteiger partial charge in [-0.15, -0.1) is 0 Å². The van der Waals surface area contributed by atoms with Crippen molar-refractivity contribution < 1.29 is 9.53 Å². The Hall–Kier alpha value is -0.800. The fraction of sp³-hybridized carbons (Fsp3) is 0.500. The number of hydrogen-bond acceptors (Lipinski definition) is 3. The average Bonchev–Trinajstić information content (AvgIpc) is 2.29. The second-order valence-corrected chi connectivity index (χ2v) is 5.33. The first-order valence-corrected chi connectivity index (χ1v) is 6.89. The van der Waals surface area contributed by atoms with Crippen molar-refractivity contribution in [3.63, 3.8) is 0 Å². The minimum atomic E-state index is 0.215. The summed E-state index contributed by atoms with van der Waals surface area (Å²) in [5.41, 5.74) is 4.36. The third kappa shape index (κ3) is 4.17. The Morgan fingerprint density at radius 2 is 1.82 bits per heavy atom. The van der Waals surface area contributed by atoms with Crippen LogP contribution in [0.2, 0.25) is 0 Å². The summed E-state index contributed by atoms with van der Waals surface area (Å²) in [6, 6.07) is 4.09. The van der Waals surface area contributed by atoms with Crippen molar-refractivity contribution in [3.8, 4) is 0 Å². The maximum absolute atomic E-state index is 12.0. The molecule has 1 aromatic carbocycles. The van der Waals surface area contributed by atoms with Crippen molar-refractivity contribution in [2.45, 2.75) is 20.8 Å². The molecule has 0 saturated carbocycles. The molecule has 0 aliphatic carbocycles.